The SMILES string of the molecule is N#CC(C(=O)c1sccc1Br)c1cccc(Cl)c1F. The van der Waals surface area contributed by atoms with Gasteiger partial charge in [0.05, 0.1) is 16.0 Å². The normalized spacial score (nSPS) is 11.9. The third-order valence-corrected chi connectivity index (χ3v) is 4.67. The van der Waals surface area contributed by atoms with Gasteiger partial charge in [0, 0.05) is 10.0 Å². The first-order chi connectivity index (χ1) is 9.06. The van der Waals surface area contributed by atoms with Crippen LogP contribution in [-0.4, -0.2) is 5.78 Å². The zero-order valence-corrected chi connectivity index (χ0v) is 12.5. The fraction of sp³-hybridized carbons (Fsp3) is 0.0769. The Morgan fingerprint density at radius 1 is 1.47 bits per heavy atom. The van der Waals surface area contributed by atoms with Crippen LogP contribution in [0, 0.1) is 17.1 Å². The predicted octanol–water partition coefficient (Wildman–Crippen LogP) is 4.79. The van der Waals surface area contributed by atoms with Crippen molar-refractivity contribution >= 4 is 44.7 Å². The second-order valence-electron chi connectivity index (χ2n) is 3.67. The summed E-state index contributed by atoms with van der Waals surface area (Å²) >= 11 is 10.1. The molecule has 2 aromatic rings. The predicted molar refractivity (Wildman–Crippen MR) is 76.1 cm³/mol. The van der Waals surface area contributed by atoms with Gasteiger partial charge in [-0.05, 0) is 33.4 Å². The number of hydrogen-bond donors (Lipinski definition) is 0. The van der Waals surface area contributed by atoms with Crippen molar-refractivity contribution in [3.05, 3.63) is 55.4 Å². The summed E-state index contributed by atoms with van der Waals surface area (Å²) in [6.45, 7) is 0. The van der Waals surface area contributed by atoms with E-state index in [9.17, 15) is 9.18 Å². The summed E-state index contributed by atoms with van der Waals surface area (Å²) in [4.78, 5) is 12.7. The van der Waals surface area contributed by atoms with Crippen molar-refractivity contribution < 1.29 is 9.18 Å². The van der Waals surface area contributed by atoms with Gasteiger partial charge in [-0.3, -0.25) is 4.79 Å². The summed E-state index contributed by atoms with van der Waals surface area (Å²) in [6.07, 6.45) is 0. The Hall–Kier alpha value is -1.22. The highest BCUT2D eigenvalue weighted by Gasteiger charge is 2.27. The van der Waals surface area contributed by atoms with E-state index < -0.39 is 17.5 Å². The monoisotopic (exact) mass is 357 g/mol. The second-order valence-corrected chi connectivity index (χ2v) is 5.84. The topological polar surface area (TPSA) is 40.9 Å². The molecule has 2 nitrogen and oxygen atoms in total. The standard InChI is InChI=1S/C13H6BrClFNOS/c14-9-4-5-19-13(9)12(18)8(6-17)7-2-1-3-10(15)11(7)16/h1-5,8H. The molecule has 0 saturated carbocycles. The van der Waals surface area contributed by atoms with E-state index >= 15 is 0 Å². The van der Waals surface area contributed by atoms with Crippen LogP contribution in [0.25, 0.3) is 0 Å². The van der Waals surface area contributed by atoms with Crippen molar-refractivity contribution in [3.63, 3.8) is 0 Å². The maximum Gasteiger partial charge on any atom is 0.195 e. The molecule has 1 heterocycles. The molecule has 2 rings (SSSR count). The van der Waals surface area contributed by atoms with Gasteiger partial charge in [-0.2, -0.15) is 5.26 Å². The number of benzene rings is 1. The van der Waals surface area contributed by atoms with Crippen LogP contribution >= 0.6 is 38.9 Å². The largest absolute Gasteiger partial charge is 0.291 e. The molecule has 1 aromatic carbocycles. The quantitative estimate of drug-likeness (QED) is 0.740. The van der Waals surface area contributed by atoms with E-state index in [-0.39, 0.29) is 10.6 Å². The summed E-state index contributed by atoms with van der Waals surface area (Å²) < 4.78 is 14.5. The van der Waals surface area contributed by atoms with Crippen molar-refractivity contribution in [3.8, 4) is 6.07 Å². The number of ketones is 1. The zero-order chi connectivity index (χ0) is 14.0. The number of halogens is 3. The number of rotatable bonds is 3. The van der Waals surface area contributed by atoms with Gasteiger partial charge in [0.1, 0.15) is 11.7 Å². The van der Waals surface area contributed by atoms with Gasteiger partial charge >= 0.3 is 0 Å². The molecule has 1 atom stereocenters. The molecule has 0 amide bonds. The van der Waals surface area contributed by atoms with Gasteiger partial charge in [-0.15, -0.1) is 11.3 Å². The van der Waals surface area contributed by atoms with Crippen molar-refractivity contribution in [2.24, 2.45) is 0 Å². The lowest BCUT2D eigenvalue weighted by Gasteiger charge is -2.09. The van der Waals surface area contributed by atoms with Crippen LogP contribution in [0.2, 0.25) is 5.02 Å². The summed E-state index contributed by atoms with van der Waals surface area (Å²) in [7, 11) is 0. The second kappa shape index (κ2) is 5.83. The Bertz CT molecular complexity index is 680. The minimum atomic E-state index is -1.20. The molecular formula is C13H6BrClFNOS. The first-order valence-corrected chi connectivity index (χ1v) is 7.22. The van der Waals surface area contributed by atoms with Crippen LogP contribution in [0.4, 0.5) is 4.39 Å². The van der Waals surface area contributed by atoms with E-state index in [2.05, 4.69) is 15.9 Å². The molecule has 0 N–H and O–H groups in total. The number of carbonyl (C=O) groups is 1. The van der Waals surface area contributed by atoms with E-state index in [1.807, 2.05) is 6.07 Å². The number of hydrogen-bond acceptors (Lipinski definition) is 3. The van der Waals surface area contributed by atoms with E-state index in [0.717, 1.165) is 0 Å². The Morgan fingerprint density at radius 3 is 2.79 bits per heavy atom. The van der Waals surface area contributed by atoms with Crippen LogP contribution < -0.4 is 0 Å². The molecule has 0 aliphatic heterocycles. The van der Waals surface area contributed by atoms with Gasteiger partial charge in [0.25, 0.3) is 0 Å². The fourth-order valence-electron chi connectivity index (χ4n) is 1.61. The molecule has 1 aromatic heterocycles. The number of nitriles is 1. The van der Waals surface area contributed by atoms with Crippen LogP contribution in [0.15, 0.2) is 34.1 Å². The first kappa shape index (κ1) is 14.2. The van der Waals surface area contributed by atoms with E-state index in [0.29, 0.717) is 9.35 Å². The molecule has 0 saturated heterocycles. The van der Waals surface area contributed by atoms with Gasteiger partial charge in [-0.1, -0.05) is 23.7 Å². The summed E-state index contributed by atoms with van der Waals surface area (Å²) in [5, 5.41) is 10.8. The lowest BCUT2D eigenvalue weighted by molar-refractivity contribution is 0.0981. The number of nitrogens with zero attached hydrogens (tertiary/aromatic N) is 1. The van der Waals surface area contributed by atoms with E-state index in [4.69, 9.17) is 16.9 Å². The van der Waals surface area contributed by atoms with Crippen molar-refractivity contribution in [1.82, 2.24) is 0 Å². The average Bonchev–Trinajstić information content (AvgIpc) is 2.81. The Balaban J connectivity index is 2.47. The van der Waals surface area contributed by atoms with Crippen molar-refractivity contribution in [2.45, 2.75) is 5.92 Å². The molecule has 0 aliphatic carbocycles. The van der Waals surface area contributed by atoms with Crippen molar-refractivity contribution in [1.29, 1.82) is 5.26 Å². The van der Waals surface area contributed by atoms with Gasteiger partial charge in [-0.25, -0.2) is 4.39 Å². The smallest absolute Gasteiger partial charge is 0.195 e. The highest BCUT2D eigenvalue weighted by molar-refractivity contribution is 9.10. The molecule has 0 radical (unpaired) electrons. The molecule has 96 valence electrons. The van der Waals surface area contributed by atoms with Gasteiger partial charge < -0.3 is 0 Å². The molecule has 0 bridgehead atoms. The molecule has 19 heavy (non-hydrogen) atoms. The van der Waals surface area contributed by atoms with E-state index in [1.165, 1.54) is 29.5 Å². The number of carbonyl (C=O) groups excluding carboxylic acids is 1. The molecule has 0 spiro atoms. The minimum absolute atomic E-state index is 0.000278. The molecule has 1 unspecified atom stereocenters. The average molecular weight is 359 g/mol. The first-order valence-electron chi connectivity index (χ1n) is 5.17. The maximum atomic E-state index is 13.9. The van der Waals surface area contributed by atoms with Crippen LogP contribution in [0.1, 0.15) is 21.2 Å². The summed E-state index contributed by atoms with van der Waals surface area (Å²) in [5.74, 6) is -2.36. The molecule has 0 aliphatic rings. The molecule has 6 heteroatoms. The van der Waals surface area contributed by atoms with Crippen LogP contribution in [-0.2, 0) is 0 Å². The number of thiophene rings is 1. The fourth-order valence-corrected chi connectivity index (χ4v) is 3.33. The lowest BCUT2D eigenvalue weighted by atomic mass is 9.95. The zero-order valence-electron chi connectivity index (χ0n) is 9.36. The number of Topliss-reactive ketones (excluding diaryl/α,β-unsaturated/α-hetero) is 1. The molecule has 0 fully saturated rings. The maximum absolute atomic E-state index is 13.9. The van der Waals surface area contributed by atoms with E-state index in [1.54, 1.807) is 11.4 Å². The summed E-state index contributed by atoms with van der Waals surface area (Å²) in [6, 6.07) is 7.84. The Morgan fingerprint density at radius 2 is 2.21 bits per heavy atom. The molecular weight excluding hydrogens is 353 g/mol. The highest BCUT2D eigenvalue weighted by Crippen LogP contribution is 2.31. The summed E-state index contributed by atoms with van der Waals surface area (Å²) in [5.41, 5.74) is 0.000278. The minimum Gasteiger partial charge on any atom is -0.291 e. The Labute approximate surface area is 126 Å². The van der Waals surface area contributed by atoms with Gasteiger partial charge in [0.2, 0.25) is 0 Å². The van der Waals surface area contributed by atoms with Crippen LogP contribution in [0.3, 0.4) is 0 Å². The van der Waals surface area contributed by atoms with Gasteiger partial charge in [0.15, 0.2) is 5.78 Å². The lowest BCUT2D eigenvalue weighted by Crippen LogP contribution is -2.12. The van der Waals surface area contributed by atoms with Crippen LogP contribution in [0.5, 0.6) is 0 Å². The third-order valence-electron chi connectivity index (χ3n) is 2.52. The van der Waals surface area contributed by atoms with Crippen molar-refractivity contribution in [2.75, 3.05) is 0 Å². The highest BCUT2D eigenvalue weighted by atomic mass is 79.9. The third kappa shape index (κ3) is 2.71. The Kier molecular flexibility index (Phi) is 4.35.